The lowest BCUT2D eigenvalue weighted by atomic mass is 9.88. The third-order valence-corrected chi connectivity index (χ3v) is 2.56. The minimum atomic E-state index is -1.13. The van der Waals surface area contributed by atoms with Crippen molar-refractivity contribution in [1.82, 2.24) is 5.32 Å². The zero-order valence-electron chi connectivity index (χ0n) is 12.8. The molecule has 0 aliphatic heterocycles. The maximum Gasteiger partial charge on any atom is 0.408 e. The van der Waals surface area contributed by atoms with Gasteiger partial charge in [-0.15, -0.1) is 0 Å². The van der Waals surface area contributed by atoms with E-state index in [4.69, 9.17) is 11.2 Å². The van der Waals surface area contributed by atoms with Crippen molar-refractivity contribution in [3.8, 4) is 0 Å². The van der Waals surface area contributed by atoms with Crippen LogP contribution < -0.4 is 5.32 Å². The predicted octanol–water partition coefficient (Wildman–Crippen LogP) is 2.80. The molecule has 0 bridgehead atoms. The number of hydrogen-bond acceptors (Lipinski definition) is 3. The zero-order valence-corrected chi connectivity index (χ0v) is 11.8. The van der Waals surface area contributed by atoms with Gasteiger partial charge in [-0.2, -0.15) is 0 Å². The first kappa shape index (κ1) is 14.4. The first-order valence-corrected chi connectivity index (χ1v) is 6.33. The van der Waals surface area contributed by atoms with Gasteiger partial charge in [-0.25, -0.2) is 9.59 Å². The third kappa shape index (κ3) is 6.22. The van der Waals surface area contributed by atoms with Crippen molar-refractivity contribution in [3.05, 3.63) is 35.9 Å². The molecule has 1 rings (SSSR count). The van der Waals surface area contributed by atoms with Gasteiger partial charge in [0.25, 0.3) is 0 Å². The Labute approximate surface area is 120 Å². The van der Waals surface area contributed by atoms with Crippen LogP contribution in [0.1, 0.15) is 34.1 Å². The van der Waals surface area contributed by atoms with Gasteiger partial charge < -0.3 is 15.2 Å². The molecule has 1 amide bonds. The summed E-state index contributed by atoms with van der Waals surface area (Å²) >= 11 is 0. The Morgan fingerprint density at radius 1 is 1.40 bits per heavy atom. The summed E-state index contributed by atoms with van der Waals surface area (Å²) in [4.78, 5) is 22.8. The molecule has 1 aromatic carbocycles. The normalized spacial score (nSPS) is 13.2. The zero-order chi connectivity index (χ0) is 15.9. The van der Waals surface area contributed by atoms with Gasteiger partial charge in [0.2, 0.25) is 0 Å². The second-order valence-corrected chi connectivity index (χ2v) is 5.47. The van der Waals surface area contributed by atoms with Crippen molar-refractivity contribution in [2.45, 2.75) is 39.8 Å². The van der Waals surface area contributed by atoms with E-state index in [1.54, 1.807) is 13.8 Å². The molecular weight excluding hydrogens is 258 g/mol. The monoisotopic (exact) mass is 280 g/mol. The molecule has 0 saturated carbocycles. The van der Waals surface area contributed by atoms with E-state index in [-0.39, 0.29) is 19.9 Å². The van der Waals surface area contributed by atoms with Crippen molar-refractivity contribution in [1.29, 1.82) is 0 Å². The van der Waals surface area contributed by atoms with Gasteiger partial charge in [0.1, 0.15) is 12.6 Å². The van der Waals surface area contributed by atoms with Crippen LogP contribution in [0, 0.1) is 5.41 Å². The Morgan fingerprint density at radius 3 is 2.60 bits per heavy atom. The summed E-state index contributed by atoms with van der Waals surface area (Å²) in [6, 6.07) is 8.07. The van der Waals surface area contributed by atoms with E-state index in [9.17, 15) is 9.59 Å². The molecule has 0 fully saturated rings. The number of carbonyl (C=O) groups is 2. The summed E-state index contributed by atoms with van der Waals surface area (Å²) in [5, 5.41) is 11.5. The van der Waals surface area contributed by atoms with E-state index in [1.165, 1.54) is 0 Å². The molecule has 0 spiro atoms. The Bertz CT molecular complexity index is 476. The van der Waals surface area contributed by atoms with E-state index in [1.807, 2.05) is 30.3 Å². The summed E-state index contributed by atoms with van der Waals surface area (Å²) in [6.07, 6.45) is -0.598. The number of hydrogen-bond donors (Lipinski definition) is 2. The van der Waals surface area contributed by atoms with Gasteiger partial charge in [-0.05, 0) is 17.4 Å². The summed E-state index contributed by atoms with van der Waals surface area (Å²) in [5.74, 6) is -1.13. The van der Waals surface area contributed by atoms with Crippen molar-refractivity contribution >= 4 is 12.1 Å². The number of carbonyl (C=O) groups excluding carboxylic acids is 1. The molecule has 0 saturated heterocycles. The van der Waals surface area contributed by atoms with E-state index >= 15 is 0 Å². The maximum atomic E-state index is 11.7. The third-order valence-electron chi connectivity index (χ3n) is 2.56. The standard InChI is InChI=1S/C15H21NO4/c1-15(2,3)9-12(13(17)18)16-14(19)20-10-11-7-5-4-6-8-11/h4-8,12H,9-10H2,1-3H3,(H,16,19)(H,17,18)/t12-/m0/s1/i1D. The first-order valence-electron chi connectivity index (χ1n) is 7.04. The molecule has 0 aliphatic carbocycles. The number of benzene rings is 1. The first-order chi connectivity index (χ1) is 9.84. The van der Waals surface area contributed by atoms with E-state index < -0.39 is 23.5 Å². The number of rotatable bonds is 5. The molecule has 110 valence electrons. The number of nitrogens with one attached hydrogen (secondary N) is 1. The van der Waals surface area contributed by atoms with Crippen LogP contribution in [-0.4, -0.2) is 23.2 Å². The molecule has 0 heterocycles. The summed E-state index contributed by atoms with van der Waals surface area (Å²) < 4.78 is 12.4. The molecule has 20 heavy (non-hydrogen) atoms. The quantitative estimate of drug-likeness (QED) is 0.869. The fourth-order valence-electron chi connectivity index (χ4n) is 1.66. The molecule has 0 aliphatic rings. The Balaban J connectivity index is 2.51. The molecule has 5 heteroatoms. The Kier molecular flexibility index (Phi) is 4.98. The second-order valence-electron chi connectivity index (χ2n) is 5.47. The lowest BCUT2D eigenvalue weighted by molar-refractivity contribution is -0.140. The fraction of sp³-hybridized carbons (Fsp3) is 0.467. The fourth-order valence-corrected chi connectivity index (χ4v) is 1.66. The largest absolute Gasteiger partial charge is 0.480 e. The number of alkyl carbamates (subject to hydrolysis) is 1. The molecule has 5 nitrogen and oxygen atoms in total. The SMILES string of the molecule is [2H]CC(C)(C)C[C@H](NC(=O)OCc1ccccc1)C(=O)O. The van der Waals surface area contributed by atoms with Crippen molar-refractivity contribution < 1.29 is 20.8 Å². The molecule has 0 radical (unpaired) electrons. The molecule has 1 atom stereocenters. The predicted molar refractivity (Wildman–Crippen MR) is 75.3 cm³/mol. The summed E-state index contributed by atoms with van der Waals surface area (Å²) in [5.41, 5.74) is 0.335. The van der Waals surface area contributed by atoms with Crippen LogP contribution in [0.2, 0.25) is 0 Å². The topological polar surface area (TPSA) is 75.6 Å². The van der Waals surface area contributed by atoms with Crippen LogP contribution in [0.15, 0.2) is 30.3 Å². The highest BCUT2D eigenvalue weighted by molar-refractivity contribution is 5.79. The number of carboxylic acids is 1. The number of aliphatic carboxylic acids is 1. The van der Waals surface area contributed by atoms with Gasteiger partial charge in [0, 0.05) is 1.37 Å². The minimum Gasteiger partial charge on any atom is -0.480 e. The second kappa shape index (κ2) is 6.93. The Morgan fingerprint density at radius 2 is 2.05 bits per heavy atom. The van der Waals surface area contributed by atoms with Crippen LogP contribution >= 0.6 is 0 Å². The average molecular weight is 280 g/mol. The van der Waals surface area contributed by atoms with Gasteiger partial charge in [0.15, 0.2) is 0 Å². The van der Waals surface area contributed by atoms with Crippen LogP contribution in [-0.2, 0) is 16.1 Å². The van der Waals surface area contributed by atoms with Crippen LogP contribution in [0.25, 0.3) is 0 Å². The van der Waals surface area contributed by atoms with Crippen LogP contribution in [0.4, 0.5) is 4.79 Å². The average Bonchev–Trinajstić information content (AvgIpc) is 2.45. The van der Waals surface area contributed by atoms with Crippen LogP contribution in [0.3, 0.4) is 0 Å². The molecule has 1 aromatic rings. The smallest absolute Gasteiger partial charge is 0.408 e. The molecule has 2 N–H and O–H groups in total. The lowest BCUT2D eigenvalue weighted by Gasteiger charge is -2.23. The van der Waals surface area contributed by atoms with E-state index in [2.05, 4.69) is 5.32 Å². The molecule has 0 aromatic heterocycles. The lowest BCUT2D eigenvalue weighted by Crippen LogP contribution is -2.43. The van der Waals surface area contributed by atoms with Crippen molar-refractivity contribution in [3.63, 3.8) is 0 Å². The highest BCUT2D eigenvalue weighted by Gasteiger charge is 2.26. The van der Waals surface area contributed by atoms with Crippen molar-refractivity contribution in [2.75, 3.05) is 0 Å². The van der Waals surface area contributed by atoms with Gasteiger partial charge in [-0.1, -0.05) is 51.1 Å². The van der Waals surface area contributed by atoms with Gasteiger partial charge >= 0.3 is 12.1 Å². The Hall–Kier alpha value is -2.04. The maximum absolute atomic E-state index is 11.7. The number of carboxylic acid groups (broad SMARTS) is 1. The summed E-state index contributed by atoms with van der Waals surface area (Å²) in [7, 11) is 0. The highest BCUT2D eigenvalue weighted by atomic mass is 16.5. The number of ether oxygens (including phenoxy) is 1. The molecule has 0 unspecified atom stereocenters. The number of amides is 1. The van der Waals surface area contributed by atoms with E-state index in [0.29, 0.717) is 0 Å². The van der Waals surface area contributed by atoms with Crippen LogP contribution in [0.5, 0.6) is 0 Å². The van der Waals surface area contributed by atoms with E-state index in [0.717, 1.165) is 5.56 Å². The van der Waals surface area contributed by atoms with Crippen molar-refractivity contribution in [2.24, 2.45) is 5.41 Å². The molecular formula is C15H21NO4. The minimum absolute atomic E-state index is 0.0809. The summed E-state index contributed by atoms with van der Waals surface area (Å²) in [6.45, 7) is 3.73. The van der Waals surface area contributed by atoms with Gasteiger partial charge in [0.05, 0.1) is 0 Å². The van der Waals surface area contributed by atoms with Gasteiger partial charge in [-0.3, -0.25) is 0 Å². The highest BCUT2D eigenvalue weighted by Crippen LogP contribution is 2.21.